The van der Waals surface area contributed by atoms with Gasteiger partial charge in [-0.3, -0.25) is 4.79 Å². The molecule has 0 radical (unpaired) electrons. The lowest BCUT2D eigenvalue weighted by atomic mass is 10.1. The Morgan fingerprint density at radius 3 is 2.81 bits per heavy atom. The van der Waals surface area contributed by atoms with Gasteiger partial charge in [-0.15, -0.1) is 0 Å². The molecule has 1 amide bonds. The Morgan fingerprint density at radius 2 is 2.08 bits per heavy atom. The van der Waals surface area contributed by atoms with Crippen molar-refractivity contribution >= 4 is 23.2 Å². The van der Waals surface area contributed by atoms with Crippen LogP contribution in [0.1, 0.15) is 12.0 Å². The van der Waals surface area contributed by atoms with Gasteiger partial charge in [0.15, 0.2) is 6.61 Å². The summed E-state index contributed by atoms with van der Waals surface area (Å²) in [6.07, 6.45) is 0.995. The van der Waals surface area contributed by atoms with Gasteiger partial charge < -0.3 is 15.0 Å². The van der Waals surface area contributed by atoms with Gasteiger partial charge in [0.25, 0.3) is 5.91 Å². The molecular formula is C20H22ClFN2O2. The molecule has 1 fully saturated rings. The molecule has 138 valence electrons. The fourth-order valence-corrected chi connectivity index (χ4v) is 3.34. The van der Waals surface area contributed by atoms with Crippen LogP contribution in [0, 0.1) is 18.7 Å². The number of carbonyl (C=O) groups excluding carboxylic acids is 1. The largest absolute Gasteiger partial charge is 0.484 e. The second-order valence-electron chi connectivity index (χ2n) is 6.58. The fourth-order valence-electron chi connectivity index (χ4n) is 3.11. The van der Waals surface area contributed by atoms with Crippen molar-refractivity contribution in [3.63, 3.8) is 0 Å². The molecule has 1 heterocycles. The van der Waals surface area contributed by atoms with E-state index in [1.165, 1.54) is 12.1 Å². The number of amides is 1. The standard InChI is InChI=1S/C20H22ClFN2O2/c1-14-10-16(21)2-7-19(14)26-13-20(25)23-11-15-8-9-24(12-15)18-5-3-17(22)4-6-18/h2-7,10,15H,8-9,11-13H2,1H3,(H,23,25). The second-order valence-corrected chi connectivity index (χ2v) is 7.02. The molecule has 1 aliphatic heterocycles. The third-order valence-corrected chi connectivity index (χ3v) is 4.80. The van der Waals surface area contributed by atoms with Crippen molar-refractivity contribution in [1.82, 2.24) is 5.32 Å². The number of benzene rings is 2. The number of carbonyl (C=O) groups is 1. The van der Waals surface area contributed by atoms with Crippen LogP contribution in [0.4, 0.5) is 10.1 Å². The SMILES string of the molecule is Cc1cc(Cl)ccc1OCC(=O)NCC1CCN(c2ccc(F)cc2)C1. The summed E-state index contributed by atoms with van der Waals surface area (Å²) in [5, 5.41) is 3.57. The lowest BCUT2D eigenvalue weighted by molar-refractivity contribution is -0.123. The average Bonchev–Trinajstić information content (AvgIpc) is 3.09. The Labute approximate surface area is 157 Å². The molecule has 3 rings (SSSR count). The molecule has 2 aromatic carbocycles. The number of hydrogen-bond donors (Lipinski definition) is 1. The lowest BCUT2D eigenvalue weighted by Crippen LogP contribution is -2.34. The quantitative estimate of drug-likeness (QED) is 0.833. The van der Waals surface area contributed by atoms with Gasteiger partial charge in [0.2, 0.25) is 0 Å². The van der Waals surface area contributed by atoms with Crippen LogP contribution in [0.5, 0.6) is 5.75 Å². The number of anilines is 1. The zero-order valence-corrected chi connectivity index (χ0v) is 15.4. The van der Waals surface area contributed by atoms with E-state index in [1.807, 2.05) is 6.92 Å². The Bertz CT molecular complexity index is 767. The maximum atomic E-state index is 13.0. The Hall–Kier alpha value is -2.27. The van der Waals surface area contributed by atoms with Crippen LogP contribution in [0.3, 0.4) is 0 Å². The lowest BCUT2D eigenvalue weighted by Gasteiger charge is -2.19. The molecule has 1 aliphatic rings. The Morgan fingerprint density at radius 1 is 1.31 bits per heavy atom. The van der Waals surface area contributed by atoms with Crippen molar-refractivity contribution in [2.24, 2.45) is 5.92 Å². The van der Waals surface area contributed by atoms with Crippen molar-refractivity contribution in [3.05, 3.63) is 58.9 Å². The third-order valence-electron chi connectivity index (χ3n) is 4.56. The number of nitrogens with zero attached hydrogens (tertiary/aromatic N) is 1. The van der Waals surface area contributed by atoms with E-state index in [4.69, 9.17) is 16.3 Å². The zero-order chi connectivity index (χ0) is 18.5. The van der Waals surface area contributed by atoms with Crippen LogP contribution >= 0.6 is 11.6 Å². The first-order chi connectivity index (χ1) is 12.5. The molecular weight excluding hydrogens is 355 g/mol. The summed E-state index contributed by atoms with van der Waals surface area (Å²) in [7, 11) is 0. The highest BCUT2D eigenvalue weighted by atomic mass is 35.5. The average molecular weight is 377 g/mol. The van der Waals surface area contributed by atoms with Gasteiger partial charge in [-0.25, -0.2) is 4.39 Å². The summed E-state index contributed by atoms with van der Waals surface area (Å²) in [4.78, 5) is 14.2. The first-order valence-corrected chi connectivity index (χ1v) is 9.05. The maximum Gasteiger partial charge on any atom is 0.257 e. The number of hydrogen-bond acceptors (Lipinski definition) is 3. The summed E-state index contributed by atoms with van der Waals surface area (Å²) in [6.45, 7) is 4.24. The van der Waals surface area contributed by atoms with Crippen molar-refractivity contribution < 1.29 is 13.9 Å². The van der Waals surface area contributed by atoms with E-state index in [9.17, 15) is 9.18 Å². The van der Waals surface area contributed by atoms with Crippen molar-refractivity contribution in [2.45, 2.75) is 13.3 Å². The molecule has 2 aromatic rings. The highest BCUT2D eigenvalue weighted by Crippen LogP contribution is 2.24. The summed E-state index contributed by atoms with van der Waals surface area (Å²) in [6, 6.07) is 11.8. The van der Waals surface area contributed by atoms with Gasteiger partial charge in [-0.05, 0) is 67.3 Å². The van der Waals surface area contributed by atoms with E-state index < -0.39 is 0 Å². The third kappa shape index (κ3) is 4.88. The van der Waals surface area contributed by atoms with Gasteiger partial charge in [-0.1, -0.05) is 11.6 Å². The van der Waals surface area contributed by atoms with Crippen molar-refractivity contribution in [1.29, 1.82) is 0 Å². The van der Waals surface area contributed by atoms with Gasteiger partial charge in [-0.2, -0.15) is 0 Å². The smallest absolute Gasteiger partial charge is 0.257 e. The molecule has 26 heavy (non-hydrogen) atoms. The highest BCUT2D eigenvalue weighted by Gasteiger charge is 2.23. The van der Waals surface area contributed by atoms with Crippen LogP contribution < -0.4 is 15.0 Å². The number of aryl methyl sites for hydroxylation is 1. The van der Waals surface area contributed by atoms with Gasteiger partial charge >= 0.3 is 0 Å². The normalized spacial score (nSPS) is 16.6. The van der Waals surface area contributed by atoms with Gasteiger partial charge in [0.1, 0.15) is 11.6 Å². The summed E-state index contributed by atoms with van der Waals surface area (Å²) in [5.74, 6) is 0.668. The van der Waals surface area contributed by atoms with Crippen molar-refractivity contribution in [3.8, 4) is 5.75 Å². The number of halogens is 2. The number of nitrogens with one attached hydrogen (secondary N) is 1. The van der Waals surface area contributed by atoms with Gasteiger partial charge in [0, 0.05) is 30.3 Å². The topological polar surface area (TPSA) is 41.6 Å². The monoisotopic (exact) mass is 376 g/mol. The summed E-state index contributed by atoms with van der Waals surface area (Å²) >= 11 is 5.91. The summed E-state index contributed by atoms with van der Waals surface area (Å²) in [5.41, 5.74) is 1.91. The number of ether oxygens (including phenoxy) is 1. The van der Waals surface area contributed by atoms with E-state index in [0.29, 0.717) is 23.2 Å². The first-order valence-electron chi connectivity index (χ1n) is 8.67. The Kier molecular flexibility index (Phi) is 5.99. The maximum absolute atomic E-state index is 13.0. The highest BCUT2D eigenvalue weighted by molar-refractivity contribution is 6.30. The van der Waals surface area contributed by atoms with Gasteiger partial charge in [0.05, 0.1) is 0 Å². The van der Waals surface area contributed by atoms with Crippen LogP contribution in [-0.4, -0.2) is 32.1 Å². The van der Waals surface area contributed by atoms with E-state index in [1.54, 1.807) is 30.3 Å². The van der Waals surface area contributed by atoms with E-state index >= 15 is 0 Å². The molecule has 0 saturated carbocycles. The van der Waals surface area contributed by atoms with E-state index in [-0.39, 0.29) is 18.3 Å². The zero-order valence-electron chi connectivity index (χ0n) is 14.7. The van der Waals surface area contributed by atoms with E-state index in [0.717, 1.165) is 30.8 Å². The molecule has 4 nitrogen and oxygen atoms in total. The minimum atomic E-state index is -0.229. The number of rotatable bonds is 6. The molecule has 0 aromatic heterocycles. The Balaban J connectivity index is 1.41. The molecule has 1 N–H and O–H groups in total. The molecule has 6 heteroatoms. The van der Waals surface area contributed by atoms with E-state index in [2.05, 4.69) is 10.2 Å². The molecule has 0 aliphatic carbocycles. The fraction of sp³-hybridized carbons (Fsp3) is 0.350. The predicted octanol–water partition coefficient (Wildman–Crippen LogP) is 3.81. The van der Waals surface area contributed by atoms with Crippen LogP contribution in [0.2, 0.25) is 5.02 Å². The molecule has 0 bridgehead atoms. The molecule has 1 saturated heterocycles. The summed E-state index contributed by atoms with van der Waals surface area (Å²) < 4.78 is 18.6. The van der Waals surface area contributed by atoms with Crippen LogP contribution in [0.15, 0.2) is 42.5 Å². The minimum Gasteiger partial charge on any atom is -0.484 e. The van der Waals surface area contributed by atoms with Crippen LogP contribution in [0.25, 0.3) is 0 Å². The second kappa shape index (κ2) is 8.41. The van der Waals surface area contributed by atoms with Crippen molar-refractivity contribution in [2.75, 3.05) is 31.1 Å². The molecule has 0 spiro atoms. The molecule has 1 atom stereocenters. The molecule has 1 unspecified atom stereocenters. The first kappa shape index (κ1) is 18.5. The predicted molar refractivity (Wildman–Crippen MR) is 101 cm³/mol. The minimum absolute atomic E-state index is 0.0170. The van der Waals surface area contributed by atoms with Crippen LogP contribution in [-0.2, 0) is 4.79 Å².